The predicted molar refractivity (Wildman–Crippen MR) is 89.7 cm³/mol. The number of hydrogen-bond donors (Lipinski definition) is 3. The van der Waals surface area contributed by atoms with E-state index in [2.05, 4.69) is 10.6 Å². The number of furan rings is 1. The summed E-state index contributed by atoms with van der Waals surface area (Å²) in [5.74, 6) is 0.254. The Balaban J connectivity index is 1.95. The van der Waals surface area contributed by atoms with Crippen molar-refractivity contribution < 1.29 is 14.3 Å². The second kappa shape index (κ2) is 6.91. The minimum atomic E-state index is -0.391. The van der Waals surface area contributed by atoms with Gasteiger partial charge in [-0.3, -0.25) is 10.1 Å². The molecule has 114 valence electrons. The number of carbonyl (C=O) groups excluding carboxylic acids is 1. The van der Waals surface area contributed by atoms with Gasteiger partial charge in [0.05, 0.1) is 12.0 Å². The molecule has 2 aromatic rings. The first-order valence-corrected chi connectivity index (χ1v) is 7.00. The van der Waals surface area contributed by atoms with Gasteiger partial charge in [0, 0.05) is 6.08 Å². The third-order valence-corrected chi connectivity index (χ3v) is 3.24. The van der Waals surface area contributed by atoms with Crippen LogP contribution in [0.15, 0.2) is 41.0 Å². The fourth-order valence-corrected chi connectivity index (χ4v) is 1.96. The van der Waals surface area contributed by atoms with Crippen LogP contribution in [0, 0.1) is 13.8 Å². The Morgan fingerprint density at radius 2 is 2.05 bits per heavy atom. The number of hydrogen-bond acceptors (Lipinski definition) is 4. The molecular weight excluding hydrogens is 300 g/mol. The van der Waals surface area contributed by atoms with Gasteiger partial charge >= 0.3 is 0 Å². The molecule has 6 heteroatoms. The first-order valence-electron chi connectivity index (χ1n) is 6.59. The Hall–Kier alpha value is -2.60. The highest BCUT2D eigenvalue weighted by molar-refractivity contribution is 7.80. The molecule has 1 amide bonds. The standard InChI is InChI=1S/C16H16N2O3S/c1-10-8-13(14(19)9-11(10)2)17-16(22)18-15(20)6-5-12-4-3-7-21-12/h3-9,19H,1-2H3,(H2,17,18,20,22). The molecule has 3 N–H and O–H groups in total. The van der Waals surface area contributed by atoms with Crippen LogP contribution in [0.4, 0.5) is 5.69 Å². The Bertz CT molecular complexity index is 721. The molecule has 0 saturated carbocycles. The molecule has 0 aliphatic heterocycles. The zero-order valence-corrected chi connectivity index (χ0v) is 13.0. The van der Waals surface area contributed by atoms with Gasteiger partial charge in [-0.25, -0.2) is 0 Å². The number of anilines is 1. The molecule has 1 aromatic carbocycles. The van der Waals surface area contributed by atoms with Crippen molar-refractivity contribution in [3.63, 3.8) is 0 Å². The molecular formula is C16H16N2O3S. The van der Waals surface area contributed by atoms with Crippen LogP contribution in [0.25, 0.3) is 6.08 Å². The maximum atomic E-state index is 11.7. The predicted octanol–water partition coefficient (Wildman–Crippen LogP) is 3.13. The summed E-state index contributed by atoms with van der Waals surface area (Å²) in [6.07, 6.45) is 4.37. The van der Waals surface area contributed by atoms with Crippen molar-refractivity contribution >= 4 is 35.0 Å². The third-order valence-electron chi connectivity index (χ3n) is 3.04. The monoisotopic (exact) mass is 316 g/mol. The third kappa shape index (κ3) is 4.20. The molecule has 2 rings (SSSR count). The van der Waals surface area contributed by atoms with Crippen molar-refractivity contribution in [1.82, 2.24) is 5.32 Å². The quantitative estimate of drug-likeness (QED) is 0.461. The van der Waals surface area contributed by atoms with E-state index in [4.69, 9.17) is 16.6 Å². The number of phenolic OH excluding ortho intramolecular Hbond substituents is 1. The molecule has 1 aromatic heterocycles. The maximum Gasteiger partial charge on any atom is 0.250 e. The van der Waals surface area contributed by atoms with Crippen LogP contribution in [0.3, 0.4) is 0 Å². The first kappa shape index (κ1) is 15.8. The molecule has 1 heterocycles. The Labute approximate surface area is 133 Å². The van der Waals surface area contributed by atoms with Gasteiger partial charge in [-0.05, 0) is 67.5 Å². The van der Waals surface area contributed by atoms with E-state index in [0.29, 0.717) is 11.4 Å². The number of aryl methyl sites for hydroxylation is 2. The highest BCUT2D eigenvalue weighted by Crippen LogP contribution is 2.26. The average molecular weight is 316 g/mol. The fourth-order valence-electron chi connectivity index (χ4n) is 1.75. The van der Waals surface area contributed by atoms with Crippen molar-refractivity contribution in [1.29, 1.82) is 0 Å². The molecule has 0 saturated heterocycles. The van der Waals surface area contributed by atoms with Gasteiger partial charge in [0.1, 0.15) is 11.5 Å². The summed E-state index contributed by atoms with van der Waals surface area (Å²) < 4.78 is 5.08. The van der Waals surface area contributed by atoms with Crippen molar-refractivity contribution in [2.45, 2.75) is 13.8 Å². The van der Waals surface area contributed by atoms with Crippen molar-refractivity contribution in [3.05, 3.63) is 53.5 Å². The normalized spacial score (nSPS) is 10.6. The number of aromatic hydroxyl groups is 1. The SMILES string of the molecule is Cc1cc(O)c(NC(=S)NC(=O)C=Cc2ccco2)cc1C. The zero-order valence-electron chi connectivity index (χ0n) is 12.2. The number of rotatable bonds is 3. The lowest BCUT2D eigenvalue weighted by Crippen LogP contribution is -2.32. The molecule has 0 aliphatic rings. The zero-order chi connectivity index (χ0) is 16.1. The smallest absolute Gasteiger partial charge is 0.250 e. The van der Waals surface area contributed by atoms with E-state index in [1.165, 1.54) is 18.4 Å². The van der Waals surface area contributed by atoms with Crippen LogP contribution in [0.2, 0.25) is 0 Å². The van der Waals surface area contributed by atoms with E-state index < -0.39 is 5.91 Å². The van der Waals surface area contributed by atoms with Crippen LogP contribution in [0.5, 0.6) is 5.75 Å². The van der Waals surface area contributed by atoms with Crippen LogP contribution in [-0.2, 0) is 4.79 Å². The minimum Gasteiger partial charge on any atom is -0.506 e. The van der Waals surface area contributed by atoms with Gasteiger partial charge < -0.3 is 14.8 Å². The summed E-state index contributed by atoms with van der Waals surface area (Å²) in [4.78, 5) is 11.7. The van der Waals surface area contributed by atoms with E-state index in [1.54, 1.807) is 24.3 Å². The van der Waals surface area contributed by atoms with Crippen molar-refractivity contribution in [2.75, 3.05) is 5.32 Å². The molecule has 0 aliphatic carbocycles. The van der Waals surface area contributed by atoms with E-state index in [-0.39, 0.29) is 10.9 Å². The van der Waals surface area contributed by atoms with Crippen molar-refractivity contribution in [3.8, 4) is 5.75 Å². The van der Waals surface area contributed by atoms with Gasteiger partial charge in [-0.15, -0.1) is 0 Å². The molecule has 0 atom stereocenters. The average Bonchev–Trinajstić information content (AvgIpc) is 2.95. The Morgan fingerprint density at radius 1 is 1.32 bits per heavy atom. The van der Waals surface area contributed by atoms with E-state index >= 15 is 0 Å². The molecule has 0 unspecified atom stereocenters. The summed E-state index contributed by atoms with van der Waals surface area (Å²) >= 11 is 5.05. The summed E-state index contributed by atoms with van der Waals surface area (Å²) in [5, 5.41) is 15.3. The lowest BCUT2D eigenvalue weighted by molar-refractivity contribution is -0.115. The fraction of sp³-hybridized carbons (Fsp3) is 0.125. The summed E-state index contributed by atoms with van der Waals surface area (Å²) in [6, 6.07) is 6.86. The summed E-state index contributed by atoms with van der Waals surface area (Å²) in [6.45, 7) is 3.83. The number of thiocarbonyl (C=S) groups is 1. The largest absolute Gasteiger partial charge is 0.506 e. The second-order valence-corrected chi connectivity index (χ2v) is 5.15. The van der Waals surface area contributed by atoms with E-state index in [9.17, 15) is 9.90 Å². The lowest BCUT2D eigenvalue weighted by atomic mass is 10.1. The number of phenols is 1. The van der Waals surface area contributed by atoms with Gasteiger partial charge in [0.15, 0.2) is 5.11 Å². The summed E-state index contributed by atoms with van der Waals surface area (Å²) in [5.41, 5.74) is 2.43. The maximum absolute atomic E-state index is 11.7. The number of amides is 1. The first-order chi connectivity index (χ1) is 10.5. The molecule has 0 fully saturated rings. The summed E-state index contributed by atoms with van der Waals surface area (Å²) in [7, 11) is 0. The number of nitrogens with one attached hydrogen (secondary N) is 2. The van der Waals surface area contributed by atoms with Gasteiger partial charge in [-0.2, -0.15) is 0 Å². The van der Waals surface area contributed by atoms with Crippen LogP contribution in [-0.4, -0.2) is 16.1 Å². The topological polar surface area (TPSA) is 74.5 Å². The molecule has 0 bridgehead atoms. The Kier molecular flexibility index (Phi) is 4.95. The Morgan fingerprint density at radius 3 is 2.73 bits per heavy atom. The van der Waals surface area contributed by atoms with E-state index in [0.717, 1.165) is 11.1 Å². The van der Waals surface area contributed by atoms with Crippen LogP contribution < -0.4 is 10.6 Å². The van der Waals surface area contributed by atoms with Crippen LogP contribution in [0.1, 0.15) is 16.9 Å². The molecule has 22 heavy (non-hydrogen) atoms. The molecule has 0 radical (unpaired) electrons. The molecule has 5 nitrogen and oxygen atoms in total. The van der Waals surface area contributed by atoms with Crippen LogP contribution >= 0.6 is 12.2 Å². The molecule has 0 spiro atoms. The minimum absolute atomic E-state index is 0.0748. The van der Waals surface area contributed by atoms with Gasteiger partial charge in [0.25, 0.3) is 0 Å². The number of benzene rings is 1. The van der Waals surface area contributed by atoms with Gasteiger partial charge in [0.2, 0.25) is 5.91 Å². The highest BCUT2D eigenvalue weighted by atomic mass is 32.1. The lowest BCUT2D eigenvalue weighted by Gasteiger charge is -2.12. The van der Waals surface area contributed by atoms with Gasteiger partial charge in [-0.1, -0.05) is 0 Å². The second-order valence-electron chi connectivity index (χ2n) is 4.75. The van der Waals surface area contributed by atoms with Crippen molar-refractivity contribution in [2.24, 2.45) is 0 Å². The number of carbonyl (C=O) groups is 1. The van der Waals surface area contributed by atoms with E-state index in [1.807, 2.05) is 13.8 Å². The highest BCUT2D eigenvalue weighted by Gasteiger charge is 2.07.